The van der Waals surface area contributed by atoms with Crippen LogP contribution in [0.5, 0.6) is 0 Å². The molecule has 0 radical (unpaired) electrons. The molecule has 0 saturated heterocycles. The lowest BCUT2D eigenvalue weighted by Crippen LogP contribution is -2.51. The SMILES string of the molecule is CC[C@H](C(=O)NC(C)C)N(Cc1ccccc1Cl)C(=O)CSCc1ccccc1C. The maximum absolute atomic E-state index is 13.2. The number of carbonyl (C=O) groups excluding carboxylic acids is 2. The number of nitrogens with zero attached hydrogens (tertiary/aromatic N) is 1. The van der Waals surface area contributed by atoms with Crippen LogP contribution in [0.4, 0.5) is 0 Å². The number of halogens is 1. The summed E-state index contributed by atoms with van der Waals surface area (Å²) in [5, 5.41) is 3.55. The highest BCUT2D eigenvalue weighted by Gasteiger charge is 2.29. The normalized spacial score (nSPS) is 11.9. The molecule has 0 aromatic heterocycles. The standard InChI is InChI=1S/C24H31ClN2O2S/c1-5-22(24(29)26-17(2)3)27(14-19-11-8-9-13-21(19)25)23(28)16-30-15-20-12-7-6-10-18(20)4/h6-13,17,22H,5,14-16H2,1-4H3,(H,26,29)/t22-/m1/s1. The van der Waals surface area contributed by atoms with Crippen molar-refractivity contribution in [3.8, 4) is 0 Å². The Labute approximate surface area is 189 Å². The van der Waals surface area contributed by atoms with Crippen LogP contribution in [-0.2, 0) is 21.9 Å². The van der Waals surface area contributed by atoms with Gasteiger partial charge in [0.15, 0.2) is 0 Å². The molecule has 0 aliphatic heterocycles. The highest BCUT2D eigenvalue weighted by Crippen LogP contribution is 2.22. The van der Waals surface area contributed by atoms with Crippen LogP contribution in [0, 0.1) is 6.92 Å². The lowest BCUT2D eigenvalue weighted by Gasteiger charge is -2.31. The van der Waals surface area contributed by atoms with Gasteiger partial charge in [0, 0.05) is 23.4 Å². The Kier molecular flexibility index (Phi) is 9.73. The number of aryl methyl sites for hydroxylation is 1. The van der Waals surface area contributed by atoms with Crippen molar-refractivity contribution in [3.63, 3.8) is 0 Å². The van der Waals surface area contributed by atoms with Gasteiger partial charge in [0.05, 0.1) is 5.75 Å². The summed E-state index contributed by atoms with van der Waals surface area (Å²) in [6, 6.07) is 15.1. The van der Waals surface area contributed by atoms with Gasteiger partial charge >= 0.3 is 0 Å². The third-order valence-electron chi connectivity index (χ3n) is 4.86. The third kappa shape index (κ3) is 7.06. The molecule has 2 aromatic rings. The van der Waals surface area contributed by atoms with E-state index < -0.39 is 6.04 Å². The number of thioether (sulfide) groups is 1. The maximum atomic E-state index is 13.2. The topological polar surface area (TPSA) is 49.4 Å². The van der Waals surface area contributed by atoms with Gasteiger partial charge in [0.25, 0.3) is 0 Å². The lowest BCUT2D eigenvalue weighted by atomic mass is 10.1. The first-order chi connectivity index (χ1) is 14.3. The van der Waals surface area contributed by atoms with E-state index in [-0.39, 0.29) is 17.9 Å². The zero-order valence-corrected chi connectivity index (χ0v) is 19.7. The van der Waals surface area contributed by atoms with Crippen LogP contribution in [0.3, 0.4) is 0 Å². The van der Waals surface area contributed by atoms with Crippen LogP contribution in [0.15, 0.2) is 48.5 Å². The Balaban J connectivity index is 2.16. The van der Waals surface area contributed by atoms with Crippen LogP contribution >= 0.6 is 23.4 Å². The van der Waals surface area contributed by atoms with Crippen molar-refractivity contribution in [1.82, 2.24) is 10.2 Å². The average Bonchev–Trinajstić information content (AvgIpc) is 2.70. The Morgan fingerprint density at radius 1 is 1.07 bits per heavy atom. The summed E-state index contributed by atoms with van der Waals surface area (Å²) >= 11 is 7.91. The van der Waals surface area contributed by atoms with Gasteiger partial charge in [-0.15, -0.1) is 11.8 Å². The molecule has 0 heterocycles. The highest BCUT2D eigenvalue weighted by molar-refractivity contribution is 7.99. The summed E-state index contributed by atoms with van der Waals surface area (Å²) < 4.78 is 0. The summed E-state index contributed by atoms with van der Waals surface area (Å²) in [6.45, 7) is 8.15. The molecule has 0 fully saturated rings. The molecule has 2 aromatic carbocycles. The fraction of sp³-hybridized carbons (Fsp3) is 0.417. The van der Waals surface area contributed by atoms with Crippen LogP contribution < -0.4 is 5.32 Å². The van der Waals surface area contributed by atoms with Gasteiger partial charge in [-0.25, -0.2) is 0 Å². The van der Waals surface area contributed by atoms with Crippen molar-refractivity contribution >= 4 is 35.2 Å². The van der Waals surface area contributed by atoms with E-state index >= 15 is 0 Å². The van der Waals surface area contributed by atoms with Gasteiger partial charge in [0.1, 0.15) is 6.04 Å². The van der Waals surface area contributed by atoms with E-state index in [4.69, 9.17) is 11.6 Å². The number of benzene rings is 2. The first kappa shape index (κ1) is 24.3. The Bertz CT molecular complexity index is 857. The predicted octanol–water partition coefficient (Wildman–Crippen LogP) is 5.21. The summed E-state index contributed by atoms with van der Waals surface area (Å²) in [5.41, 5.74) is 3.28. The van der Waals surface area contributed by atoms with Crippen molar-refractivity contribution < 1.29 is 9.59 Å². The molecule has 0 saturated carbocycles. The highest BCUT2D eigenvalue weighted by atomic mass is 35.5. The Morgan fingerprint density at radius 2 is 1.70 bits per heavy atom. The van der Waals surface area contributed by atoms with E-state index in [1.54, 1.807) is 16.7 Å². The van der Waals surface area contributed by atoms with Crippen LogP contribution in [0.25, 0.3) is 0 Å². The molecule has 0 bridgehead atoms. The molecular formula is C24H31ClN2O2S. The molecule has 0 aliphatic carbocycles. The number of amides is 2. The minimum Gasteiger partial charge on any atom is -0.352 e. The van der Waals surface area contributed by atoms with Gasteiger partial charge in [-0.3, -0.25) is 9.59 Å². The molecule has 0 aliphatic rings. The second kappa shape index (κ2) is 12.0. The summed E-state index contributed by atoms with van der Waals surface area (Å²) in [5.74, 6) is 0.883. The Hall–Kier alpha value is -1.98. The first-order valence-electron chi connectivity index (χ1n) is 10.3. The molecule has 1 atom stereocenters. The molecule has 2 rings (SSSR count). The van der Waals surface area contributed by atoms with Gasteiger partial charge < -0.3 is 10.2 Å². The van der Waals surface area contributed by atoms with E-state index in [1.165, 1.54) is 11.1 Å². The van der Waals surface area contributed by atoms with E-state index in [1.807, 2.05) is 57.2 Å². The smallest absolute Gasteiger partial charge is 0.243 e. The van der Waals surface area contributed by atoms with Crippen molar-refractivity contribution in [2.45, 2.75) is 58.5 Å². The fourth-order valence-corrected chi connectivity index (χ4v) is 4.40. The maximum Gasteiger partial charge on any atom is 0.243 e. The van der Waals surface area contributed by atoms with Crippen LogP contribution in [-0.4, -0.2) is 34.6 Å². The molecule has 2 amide bonds. The number of rotatable bonds is 10. The van der Waals surface area contributed by atoms with Crippen LogP contribution in [0.2, 0.25) is 5.02 Å². The van der Waals surface area contributed by atoms with E-state index in [0.29, 0.717) is 23.7 Å². The summed E-state index contributed by atoms with van der Waals surface area (Å²) in [4.78, 5) is 27.7. The largest absolute Gasteiger partial charge is 0.352 e. The first-order valence-corrected chi connectivity index (χ1v) is 11.8. The van der Waals surface area contributed by atoms with Crippen molar-refractivity contribution in [2.24, 2.45) is 0 Å². The van der Waals surface area contributed by atoms with Gasteiger partial charge in [-0.2, -0.15) is 0 Å². The molecule has 6 heteroatoms. The van der Waals surface area contributed by atoms with Crippen LogP contribution in [0.1, 0.15) is 43.9 Å². The summed E-state index contributed by atoms with van der Waals surface area (Å²) in [7, 11) is 0. The molecule has 0 unspecified atom stereocenters. The molecule has 1 N–H and O–H groups in total. The zero-order valence-electron chi connectivity index (χ0n) is 18.2. The second-order valence-corrected chi connectivity index (χ2v) is 9.01. The molecule has 30 heavy (non-hydrogen) atoms. The number of carbonyl (C=O) groups is 2. The Morgan fingerprint density at radius 3 is 2.30 bits per heavy atom. The quantitative estimate of drug-likeness (QED) is 0.544. The van der Waals surface area contributed by atoms with Gasteiger partial charge in [0.2, 0.25) is 11.8 Å². The lowest BCUT2D eigenvalue weighted by molar-refractivity contribution is -0.139. The van der Waals surface area contributed by atoms with Crippen molar-refractivity contribution in [3.05, 3.63) is 70.2 Å². The van der Waals surface area contributed by atoms with E-state index in [0.717, 1.165) is 11.3 Å². The predicted molar refractivity (Wildman–Crippen MR) is 127 cm³/mol. The number of hydrogen-bond donors (Lipinski definition) is 1. The number of nitrogens with one attached hydrogen (secondary N) is 1. The van der Waals surface area contributed by atoms with Gasteiger partial charge in [-0.1, -0.05) is 61.0 Å². The van der Waals surface area contributed by atoms with E-state index in [2.05, 4.69) is 24.4 Å². The minimum atomic E-state index is -0.532. The van der Waals surface area contributed by atoms with Crippen molar-refractivity contribution in [1.29, 1.82) is 0 Å². The summed E-state index contributed by atoms with van der Waals surface area (Å²) in [6.07, 6.45) is 0.539. The second-order valence-electron chi connectivity index (χ2n) is 7.62. The molecular weight excluding hydrogens is 416 g/mol. The third-order valence-corrected chi connectivity index (χ3v) is 6.19. The zero-order chi connectivity index (χ0) is 22.1. The fourth-order valence-electron chi connectivity index (χ4n) is 3.21. The molecule has 0 spiro atoms. The average molecular weight is 447 g/mol. The molecule has 162 valence electrons. The van der Waals surface area contributed by atoms with Gasteiger partial charge in [-0.05, 0) is 49.9 Å². The van der Waals surface area contributed by atoms with Crippen molar-refractivity contribution in [2.75, 3.05) is 5.75 Å². The number of hydrogen-bond acceptors (Lipinski definition) is 3. The van der Waals surface area contributed by atoms with E-state index in [9.17, 15) is 9.59 Å². The monoisotopic (exact) mass is 446 g/mol. The molecule has 4 nitrogen and oxygen atoms in total. The minimum absolute atomic E-state index is 0.0132.